The lowest BCUT2D eigenvalue weighted by atomic mass is 9.51. The van der Waals surface area contributed by atoms with Crippen LogP contribution in [-0.4, -0.2) is 34.9 Å². The van der Waals surface area contributed by atoms with Crippen LogP contribution in [0.25, 0.3) is 0 Å². The first-order valence-electron chi connectivity index (χ1n) is 10.5. The molecule has 5 rings (SSSR count). The van der Waals surface area contributed by atoms with Crippen LogP contribution in [0.2, 0.25) is 0 Å². The number of aromatic nitrogens is 1. The van der Waals surface area contributed by atoms with Gasteiger partial charge in [-0.2, -0.15) is 0 Å². The Morgan fingerprint density at radius 2 is 1.85 bits per heavy atom. The lowest BCUT2D eigenvalue weighted by molar-refractivity contribution is -0.151. The lowest BCUT2D eigenvalue weighted by Crippen LogP contribution is -2.52. The molecule has 1 aromatic rings. The van der Waals surface area contributed by atoms with Crippen LogP contribution in [0, 0.1) is 29.6 Å². The van der Waals surface area contributed by atoms with Gasteiger partial charge in [-0.05, 0) is 74.3 Å². The summed E-state index contributed by atoms with van der Waals surface area (Å²) in [7, 11) is 0. The van der Waals surface area contributed by atoms with E-state index in [1.54, 1.807) is 6.20 Å². The molecule has 0 unspecified atom stereocenters. The van der Waals surface area contributed by atoms with Gasteiger partial charge in [0.25, 0.3) is 0 Å². The van der Waals surface area contributed by atoms with E-state index < -0.39 is 0 Å². The van der Waals surface area contributed by atoms with Crippen LogP contribution in [-0.2, 0) is 20.9 Å². The van der Waals surface area contributed by atoms with Crippen molar-refractivity contribution >= 4 is 11.9 Å². The predicted octanol–water partition coefficient (Wildman–Crippen LogP) is 3.44. The molecule has 27 heavy (non-hydrogen) atoms. The standard InChI is InChI=1S/C22H30N2O3/c1-2-27-20(25)5-7-24(14-15-4-3-6-23-13-15)22(26)21-18-9-16-8-17(11-18)12-19(21)10-16/h3-4,6,13,16-19,21H,2,5,7-12,14H2,1H3. The predicted molar refractivity (Wildman–Crippen MR) is 101 cm³/mol. The second-order valence-electron chi connectivity index (χ2n) is 8.63. The fourth-order valence-corrected chi connectivity index (χ4v) is 5.98. The lowest BCUT2D eigenvalue weighted by Gasteiger charge is -2.54. The summed E-state index contributed by atoms with van der Waals surface area (Å²) in [6.07, 6.45) is 10.1. The molecule has 0 spiro atoms. The van der Waals surface area contributed by atoms with E-state index in [1.165, 1.54) is 32.1 Å². The SMILES string of the molecule is CCOC(=O)CCN(Cc1cccnc1)C(=O)C1C2CC3CC(C2)CC1C3. The Morgan fingerprint density at radius 1 is 1.15 bits per heavy atom. The van der Waals surface area contributed by atoms with Crippen LogP contribution in [0.5, 0.6) is 0 Å². The van der Waals surface area contributed by atoms with Gasteiger partial charge in [0.2, 0.25) is 5.91 Å². The summed E-state index contributed by atoms with van der Waals surface area (Å²) >= 11 is 0. The number of carbonyl (C=O) groups is 2. The summed E-state index contributed by atoms with van der Waals surface area (Å²) in [6, 6.07) is 3.89. The average Bonchev–Trinajstić information content (AvgIpc) is 2.65. The Kier molecular flexibility index (Phi) is 5.46. The van der Waals surface area contributed by atoms with Crippen LogP contribution >= 0.6 is 0 Å². The van der Waals surface area contributed by atoms with Crippen molar-refractivity contribution in [3.05, 3.63) is 30.1 Å². The van der Waals surface area contributed by atoms with E-state index >= 15 is 0 Å². The van der Waals surface area contributed by atoms with Gasteiger partial charge in [-0.25, -0.2) is 0 Å². The molecule has 0 aliphatic heterocycles. The monoisotopic (exact) mass is 370 g/mol. The van der Waals surface area contributed by atoms with Gasteiger partial charge in [0.15, 0.2) is 0 Å². The highest BCUT2D eigenvalue weighted by Gasteiger charge is 2.51. The number of nitrogens with zero attached hydrogens (tertiary/aromatic N) is 2. The molecule has 1 aromatic heterocycles. The van der Waals surface area contributed by atoms with Crippen molar-refractivity contribution in [1.82, 2.24) is 9.88 Å². The molecule has 4 saturated carbocycles. The van der Waals surface area contributed by atoms with Gasteiger partial charge in [0.05, 0.1) is 13.0 Å². The third kappa shape index (κ3) is 4.02. The van der Waals surface area contributed by atoms with Crippen molar-refractivity contribution < 1.29 is 14.3 Å². The van der Waals surface area contributed by atoms with Gasteiger partial charge in [0.1, 0.15) is 0 Å². The van der Waals surface area contributed by atoms with Crippen LogP contribution < -0.4 is 0 Å². The molecule has 0 atom stereocenters. The second kappa shape index (κ2) is 7.99. The van der Waals surface area contributed by atoms with E-state index in [1.807, 2.05) is 30.2 Å². The van der Waals surface area contributed by atoms with E-state index in [-0.39, 0.29) is 24.2 Å². The van der Waals surface area contributed by atoms with Gasteiger partial charge in [-0.3, -0.25) is 14.6 Å². The number of carbonyl (C=O) groups excluding carboxylic acids is 2. The first-order valence-corrected chi connectivity index (χ1v) is 10.5. The third-order valence-corrected chi connectivity index (χ3v) is 6.81. The van der Waals surface area contributed by atoms with Crippen molar-refractivity contribution in [1.29, 1.82) is 0 Å². The van der Waals surface area contributed by atoms with E-state index in [9.17, 15) is 9.59 Å². The number of esters is 1. The molecule has 0 N–H and O–H groups in total. The van der Waals surface area contributed by atoms with Gasteiger partial charge in [0, 0.05) is 31.4 Å². The molecule has 0 aromatic carbocycles. The number of rotatable bonds is 7. The molecule has 4 fully saturated rings. The van der Waals surface area contributed by atoms with E-state index in [2.05, 4.69) is 4.98 Å². The zero-order valence-corrected chi connectivity index (χ0v) is 16.2. The van der Waals surface area contributed by atoms with Crippen LogP contribution in [0.3, 0.4) is 0 Å². The number of hydrogen-bond acceptors (Lipinski definition) is 4. The number of pyridine rings is 1. The molecule has 4 bridgehead atoms. The number of ether oxygens (including phenoxy) is 1. The summed E-state index contributed by atoms with van der Waals surface area (Å²) in [4.78, 5) is 31.5. The minimum atomic E-state index is -0.230. The van der Waals surface area contributed by atoms with Crippen molar-refractivity contribution in [3.63, 3.8) is 0 Å². The maximum atomic E-state index is 13.6. The van der Waals surface area contributed by atoms with Crippen LogP contribution in [0.1, 0.15) is 51.0 Å². The Balaban J connectivity index is 1.48. The average molecular weight is 370 g/mol. The summed E-state index contributed by atoms with van der Waals surface area (Å²) in [5.74, 6) is 2.96. The van der Waals surface area contributed by atoms with Crippen molar-refractivity contribution in [2.75, 3.05) is 13.2 Å². The van der Waals surface area contributed by atoms with E-state index in [0.717, 1.165) is 17.4 Å². The highest BCUT2D eigenvalue weighted by molar-refractivity contribution is 5.80. The van der Waals surface area contributed by atoms with E-state index in [0.29, 0.717) is 31.5 Å². The van der Waals surface area contributed by atoms with Crippen molar-refractivity contribution in [3.8, 4) is 0 Å². The summed E-state index contributed by atoms with van der Waals surface area (Å²) in [5.41, 5.74) is 1.01. The zero-order chi connectivity index (χ0) is 18.8. The fourth-order valence-electron chi connectivity index (χ4n) is 5.98. The van der Waals surface area contributed by atoms with Gasteiger partial charge >= 0.3 is 5.97 Å². The largest absolute Gasteiger partial charge is 0.466 e. The fraction of sp³-hybridized carbons (Fsp3) is 0.682. The Morgan fingerprint density at radius 3 is 2.44 bits per heavy atom. The maximum absolute atomic E-state index is 13.6. The Bertz CT molecular complexity index is 647. The topological polar surface area (TPSA) is 59.5 Å². The molecule has 0 saturated heterocycles. The van der Waals surface area contributed by atoms with Crippen molar-refractivity contribution in [2.45, 2.75) is 52.0 Å². The minimum absolute atomic E-state index is 0.150. The van der Waals surface area contributed by atoms with Gasteiger partial charge in [-0.15, -0.1) is 0 Å². The number of hydrogen-bond donors (Lipinski definition) is 0. The van der Waals surface area contributed by atoms with Gasteiger partial charge < -0.3 is 9.64 Å². The normalized spacial score (nSPS) is 30.9. The van der Waals surface area contributed by atoms with E-state index in [4.69, 9.17) is 4.74 Å². The maximum Gasteiger partial charge on any atom is 0.307 e. The molecule has 5 nitrogen and oxygen atoms in total. The highest BCUT2D eigenvalue weighted by Crippen LogP contribution is 2.56. The smallest absolute Gasteiger partial charge is 0.307 e. The first-order chi connectivity index (χ1) is 13.1. The molecule has 4 aliphatic rings. The van der Waals surface area contributed by atoms with Crippen LogP contribution in [0.15, 0.2) is 24.5 Å². The van der Waals surface area contributed by atoms with Gasteiger partial charge in [-0.1, -0.05) is 6.07 Å². The minimum Gasteiger partial charge on any atom is -0.466 e. The first kappa shape index (κ1) is 18.5. The molecular weight excluding hydrogens is 340 g/mol. The summed E-state index contributed by atoms with van der Waals surface area (Å²) in [6.45, 7) is 3.14. The van der Waals surface area contributed by atoms with Crippen molar-refractivity contribution in [2.24, 2.45) is 29.6 Å². The molecule has 1 amide bonds. The summed E-state index contributed by atoms with van der Waals surface area (Å²) < 4.78 is 5.07. The summed E-state index contributed by atoms with van der Waals surface area (Å²) in [5, 5.41) is 0. The molecule has 0 radical (unpaired) electrons. The quantitative estimate of drug-likeness (QED) is 0.690. The molecule has 4 aliphatic carbocycles. The zero-order valence-electron chi connectivity index (χ0n) is 16.2. The second-order valence-corrected chi connectivity index (χ2v) is 8.63. The number of amides is 1. The Hall–Kier alpha value is -1.91. The molecule has 146 valence electrons. The highest BCUT2D eigenvalue weighted by atomic mass is 16.5. The molecular formula is C22H30N2O3. The Labute approximate surface area is 161 Å². The molecule has 1 heterocycles. The molecule has 5 heteroatoms. The van der Waals surface area contributed by atoms with Crippen LogP contribution in [0.4, 0.5) is 0 Å². The third-order valence-electron chi connectivity index (χ3n) is 6.81.